The van der Waals surface area contributed by atoms with Crippen LogP contribution in [0.3, 0.4) is 0 Å². The Morgan fingerprint density at radius 1 is 1.03 bits per heavy atom. The number of aromatic nitrogens is 2. The minimum atomic E-state index is -0.418. The molecule has 4 heterocycles. The first-order valence-corrected chi connectivity index (χ1v) is 10.6. The number of anilines is 2. The monoisotopic (exact) mass is 441 g/mol. The molecule has 1 N–H and O–H groups in total. The van der Waals surface area contributed by atoms with E-state index in [-0.39, 0.29) is 17.6 Å². The van der Waals surface area contributed by atoms with Crippen LogP contribution in [0.1, 0.15) is 24.3 Å². The molecule has 3 aromatic rings. The highest BCUT2D eigenvalue weighted by Crippen LogP contribution is 2.37. The maximum atomic E-state index is 13.9. The number of rotatable bonds is 3. The number of nitrogens with one attached hydrogen (secondary N) is 1. The van der Waals surface area contributed by atoms with E-state index >= 15 is 0 Å². The van der Waals surface area contributed by atoms with Crippen molar-refractivity contribution >= 4 is 40.4 Å². The molecular weight excluding hydrogens is 421 g/mol. The molecule has 0 aliphatic carbocycles. The van der Waals surface area contributed by atoms with Crippen molar-refractivity contribution in [2.45, 2.75) is 18.8 Å². The van der Waals surface area contributed by atoms with Gasteiger partial charge in [-0.25, -0.2) is 8.91 Å². The van der Waals surface area contributed by atoms with Crippen LogP contribution in [-0.2, 0) is 9.59 Å². The van der Waals surface area contributed by atoms with Gasteiger partial charge in [-0.3, -0.25) is 14.9 Å². The Morgan fingerprint density at radius 2 is 1.77 bits per heavy atom. The molecule has 0 spiro atoms. The molecule has 0 radical (unpaired) electrons. The van der Waals surface area contributed by atoms with Crippen molar-refractivity contribution in [2.75, 3.05) is 36.0 Å². The van der Waals surface area contributed by atoms with Crippen molar-refractivity contribution in [1.82, 2.24) is 14.9 Å². The summed E-state index contributed by atoms with van der Waals surface area (Å²) in [5.41, 5.74) is 2.09. The Bertz CT molecular complexity index is 1170. The molecular formula is C22H21ClFN5O2. The number of pyridine rings is 1. The van der Waals surface area contributed by atoms with Crippen LogP contribution in [0.2, 0.25) is 5.02 Å². The first kappa shape index (κ1) is 19.8. The van der Waals surface area contributed by atoms with Crippen molar-refractivity contribution in [3.63, 3.8) is 0 Å². The zero-order valence-corrected chi connectivity index (χ0v) is 17.5. The maximum Gasteiger partial charge on any atom is 0.234 e. The number of carbonyl (C=O) groups is 2. The molecule has 31 heavy (non-hydrogen) atoms. The number of fused-ring (bicyclic) bond motifs is 1. The number of amides is 2. The number of imide groups is 1. The molecule has 160 valence electrons. The molecule has 2 saturated heterocycles. The van der Waals surface area contributed by atoms with Crippen LogP contribution in [0.5, 0.6) is 0 Å². The van der Waals surface area contributed by atoms with E-state index in [0.717, 1.165) is 43.2 Å². The molecule has 9 heteroatoms. The molecule has 1 atom stereocenters. The summed E-state index contributed by atoms with van der Waals surface area (Å²) in [4.78, 5) is 28.2. The fourth-order valence-corrected chi connectivity index (χ4v) is 4.80. The maximum absolute atomic E-state index is 13.9. The van der Waals surface area contributed by atoms with E-state index in [1.54, 1.807) is 10.6 Å². The van der Waals surface area contributed by atoms with Crippen LogP contribution in [0.25, 0.3) is 5.52 Å². The predicted molar refractivity (Wildman–Crippen MR) is 116 cm³/mol. The van der Waals surface area contributed by atoms with Crippen LogP contribution in [0.4, 0.5) is 15.9 Å². The largest absolute Gasteiger partial charge is 0.367 e. The van der Waals surface area contributed by atoms with Crippen molar-refractivity contribution in [3.05, 3.63) is 59.0 Å². The summed E-state index contributed by atoms with van der Waals surface area (Å²) in [5, 5.41) is 7.12. The van der Waals surface area contributed by atoms with Gasteiger partial charge in [0, 0.05) is 32.6 Å². The van der Waals surface area contributed by atoms with Crippen molar-refractivity contribution in [3.8, 4) is 0 Å². The van der Waals surface area contributed by atoms with Gasteiger partial charge >= 0.3 is 0 Å². The highest BCUT2D eigenvalue weighted by Gasteiger charge is 2.31. The van der Waals surface area contributed by atoms with Crippen LogP contribution in [0.15, 0.2) is 42.6 Å². The fourth-order valence-electron chi connectivity index (χ4n) is 4.42. The average Bonchev–Trinajstić information content (AvgIpc) is 3.16. The summed E-state index contributed by atoms with van der Waals surface area (Å²) < 4.78 is 15.5. The lowest BCUT2D eigenvalue weighted by Crippen LogP contribution is -2.47. The third-order valence-electron chi connectivity index (χ3n) is 6.04. The quantitative estimate of drug-likeness (QED) is 0.633. The van der Waals surface area contributed by atoms with E-state index in [1.165, 1.54) is 6.20 Å². The summed E-state index contributed by atoms with van der Waals surface area (Å²) in [6.07, 6.45) is 2.01. The third kappa shape index (κ3) is 3.50. The minimum absolute atomic E-state index is 0.239. The van der Waals surface area contributed by atoms with Crippen molar-refractivity contribution < 1.29 is 14.0 Å². The zero-order chi connectivity index (χ0) is 21.5. The van der Waals surface area contributed by atoms with E-state index in [9.17, 15) is 14.0 Å². The van der Waals surface area contributed by atoms with Gasteiger partial charge in [-0.05, 0) is 30.2 Å². The van der Waals surface area contributed by atoms with Gasteiger partial charge in [-0.2, -0.15) is 5.10 Å². The summed E-state index contributed by atoms with van der Waals surface area (Å²) in [6, 6.07) is 11.2. The normalized spacial score (nSPS) is 19.7. The van der Waals surface area contributed by atoms with Gasteiger partial charge in [-0.1, -0.05) is 29.8 Å². The molecule has 2 fully saturated rings. The smallest absolute Gasteiger partial charge is 0.234 e. The second-order valence-corrected chi connectivity index (χ2v) is 8.21. The van der Waals surface area contributed by atoms with Crippen LogP contribution in [-0.4, -0.2) is 47.6 Å². The average molecular weight is 442 g/mol. The SMILES string of the molecule is O=C1CCC(c2cccc(N3CCN(c4cccc5c(F)cnn45)CC3)c2Cl)C(=O)N1. The Hall–Kier alpha value is -3.13. The van der Waals surface area contributed by atoms with E-state index in [4.69, 9.17) is 11.6 Å². The number of halogens is 2. The van der Waals surface area contributed by atoms with Gasteiger partial charge in [0.2, 0.25) is 11.8 Å². The van der Waals surface area contributed by atoms with Crippen LogP contribution < -0.4 is 15.1 Å². The van der Waals surface area contributed by atoms with E-state index in [1.807, 2.05) is 30.3 Å². The van der Waals surface area contributed by atoms with Crippen LogP contribution in [0, 0.1) is 5.82 Å². The highest BCUT2D eigenvalue weighted by molar-refractivity contribution is 6.34. The number of hydrogen-bond acceptors (Lipinski definition) is 5. The number of nitrogens with zero attached hydrogens (tertiary/aromatic N) is 4. The molecule has 0 bridgehead atoms. The van der Waals surface area contributed by atoms with Gasteiger partial charge in [0.25, 0.3) is 0 Å². The molecule has 2 aliphatic rings. The number of hydrogen-bond donors (Lipinski definition) is 1. The third-order valence-corrected chi connectivity index (χ3v) is 6.45. The summed E-state index contributed by atoms with van der Waals surface area (Å²) in [5.74, 6) is -0.433. The van der Waals surface area contributed by atoms with E-state index < -0.39 is 5.92 Å². The lowest BCUT2D eigenvalue weighted by Gasteiger charge is -2.38. The van der Waals surface area contributed by atoms with Crippen molar-refractivity contribution in [2.24, 2.45) is 0 Å². The number of carbonyl (C=O) groups excluding carboxylic acids is 2. The first-order chi connectivity index (χ1) is 15.0. The molecule has 1 aromatic carbocycles. The predicted octanol–water partition coefficient (Wildman–Crippen LogP) is 2.97. The fraction of sp³-hybridized carbons (Fsp3) is 0.318. The van der Waals surface area contributed by atoms with Gasteiger partial charge in [0.05, 0.1) is 22.8 Å². The Morgan fingerprint density at radius 3 is 2.55 bits per heavy atom. The summed E-state index contributed by atoms with van der Waals surface area (Å²) in [7, 11) is 0. The zero-order valence-electron chi connectivity index (χ0n) is 16.7. The van der Waals surface area contributed by atoms with Gasteiger partial charge in [0.1, 0.15) is 11.3 Å². The Kier molecular flexibility index (Phi) is 5.02. The molecule has 2 aliphatic heterocycles. The number of benzene rings is 1. The molecule has 2 amide bonds. The molecule has 1 unspecified atom stereocenters. The van der Waals surface area contributed by atoms with Gasteiger partial charge in [0.15, 0.2) is 5.82 Å². The molecule has 5 rings (SSSR count). The summed E-state index contributed by atoms with van der Waals surface area (Å²) in [6.45, 7) is 2.89. The second-order valence-electron chi connectivity index (χ2n) is 7.83. The van der Waals surface area contributed by atoms with Crippen molar-refractivity contribution in [1.29, 1.82) is 0 Å². The Balaban J connectivity index is 1.35. The van der Waals surface area contributed by atoms with Gasteiger partial charge < -0.3 is 9.80 Å². The molecule has 7 nitrogen and oxygen atoms in total. The summed E-state index contributed by atoms with van der Waals surface area (Å²) >= 11 is 6.74. The lowest BCUT2D eigenvalue weighted by molar-refractivity contribution is -0.134. The topological polar surface area (TPSA) is 70.0 Å². The van der Waals surface area contributed by atoms with Crippen LogP contribution >= 0.6 is 11.6 Å². The number of piperazine rings is 1. The first-order valence-electron chi connectivity index (χ1n) is 10.3. The minimum Gasteiger partial charge on any atom is -0.367 e. The number of piperidine rings is 1. The molecule has 0 saturated carbocycles. The lowest BCUT2D eigenvalue weighted by atomic mass is 9.90. The molecule has 2 aromatic heterocycles. The Labute approximate surface area is 183 Å². The van der Waals surface area contributed by atoms with E-state index in [0.29, 0.717) is 23.4 Å². The van der Waals surface area contributed by atoms with E-state index in [2.05, 4.69) is 20.2 Å². The second kappa shape index (κ2) is 7.85. The highest BCUT2D eigenvalue weighted by atomic mass is 35.5. The standard InChI is InChI=1S/C22H21ClFN5O2/c23-21-14(15-7-8-19(30)26-22(15)31)3-1-5-18(21)27-9-11-28(12-10-27)20-6-2-4-17-16(24)13-25-29(17)20/h1-6,13,15H,7-12H2,(H,26,30,31). The van der Waals surface area contributed by atoms with Gasteiger partial charge in [-0.15, -0.1) is 0 Å².